The molecule has 2 aliphatic rings. The first kappa shape index (κ1) is 19.3. The predicted molar refractivity (Wildman–Crippen MR) is 105 cm³/mol. The molecule has 1 atom stereocenters. The summed E-state index contributed by atoms with van der Waals surface area (Å²) in [6, 6.07) is 4.66. The number of likely N-dealkylation sites (tertiary alicyclic amines) is 1. The maximum absolute atomic E-state index is 14.3. The summed E-state index contributed by atoms with van der Waals surface area (Å²) < 4.78 is 54.9. The second-order valence-electron chi connectivity index (χ2n) is 7.47. The third-order valence-electron chi connectivity index (χ3n) is 5.35. The largest absolute Gasteiger partial charge is 0.341 e. The number of H-pyrrole nitrogens is 1. The highest BCUT2D eigenvalue weighted by Crippen LogP contribution is 2.32. The lowest BCUT2D eigenvalue weighted by molar-refractivity contribution is 0.136. The number of amides is 2. The molecule has 0 bridgehead atoms. The van der Waals surface area contributed by atoms with Gasteiger partial charge in [0.05, 0.1) is 16.9 Å². The summed E-state index contributed by atoms with van der Waals surface area (Å²) >= 11 is 0. The monoisotopic (exact) mass is 429 g/mol. The van der Waals surface area contributed by atoms with E-state index in [1.54, 1.807) is 6.08 Å². The topological polar surface area (TPSA) is 64.6 Å². The van der Waals surface area contributed by atoms with Crippen LogP contribution in [0.15, 0.2) is 41.0 Å². The van der Waals surface area contributed by atoms with Gasteiger partial charge in [-0.15, -0.1) is 5.10 Å². The van der Waals surface area contributed by atoms with Crippen molar-refractivity contribution >= 4 is 29.2 Å². The molecule has 1 aromatic heterocycles. The van der Waals surface area contributed by atoms with Crippen LogP contribution in [-0.4, -0.2) is 45.4 Å². The van der Waals surface area contributed by atoms with Crippen molar-refractivity contribution in [3.05, 3.63) is 70.4 Å². The molecule has 0 saturated carbocycles. The minimum atomic E-state index is -0.771. The van der Waals surface area contributed by atoms with E-state index in [1.807, 2.05) is 0 Å². The van der Waals surface area contributed by atoms with Crippen LogP contribution in [0, 0.1) is 23.4 Å². The van der Waals surface area contributed by atoms with Crippen LogP contribution in [0.25, 0.3) is 17.0 Å². The summed E-state index contributed by atoms with van der Waals surface area (Å²) in [4.78, 5) is 14.3. The Labute approximate surface area is 173 Å². The van der Waals surface area contributed by atoms with E-state index in [4.69, 9.17) is 0 Å². The van der Waals surface area contributed by atoms with Crippen LogP contribution in [0.4, 0.5) is 22.4 Å². The standard InChI is InChI=1S/C21H15F4N5O/c22-14-4-13(5-15(23)7-14)19-1-2-26-30(19)21(31)29-9-11(10-29)3-12-6-18-16(8-17(12)24)20(25)28-27-18/h2-8,19H,1,9-10H2,(H,27,28). The number of aromatic amines is 1. The normalized spacial score (nSPS) is 18.1. The molecule has 6 nitrogen and oxygen atoms in total. The fourth-order valence-corrected chi connectivity index (χ4v) is 3.81. The summed E-state index contributed by atoms with van der Waals surface area (Å²) in [7, 11) is 0. The molecule has 0 aliphatic carbocycles. The van der Waals surface area contributed by atoms with E-state index in [9.17, 15) is 22.4 Å². The molecule has 158 valence electrons. The molecule has 2 amide bonds. The maximum atomic E-state index is 14.3. The van der Waals surface area contributed by atoms with E-state index < -0.39 is 35.5 Å². The van der Waals surface area contributed by atoms with Gasteiger partial charge in [-0.2, -0.15) is 9.49 Å². The van der Waals surface area contributed by atoms with Crippen LogP contribution < -0.4 is 0 Å². The van der Waals surface area contributed by atoms with Gasteiger partial charge < -0.3 is 4.90 Å². The lowest BCUT2D eigenvalue weighted by Gasteiger charge is -2.37. The number of urea groups is 1. The van der Waals surface area contributed by atoms with Crippen molar-refractivity contribution in [3.63, 3.8) is 0 Å². The fourth-order valence-electron chi connectivity index (χ4n) is 3.81. The number of carbonyl (C=O) groups is 1. The average Bonchev–Trinajstić information content (AvgIpc) is 3.31. The van der Waals surface area contributed by atoms with Crippen molar-refractivity contribution in [1.82, 2.24) is 20.1 Å². The Balaban J connectivity index is 1.30. The molecule has 2 aliphatic heterocycles. The third kappa shape index (κ3) is 3.43. The number of fused-ring (bicyclic) bond motifs is 1. The van der Waals surface area contributed by atoms with Crippen molar-refractivity contribution in [3.8, 4) is 0 Å². The molecule has 10 heteroatoms. The Kier molecular flexibility index (Phi) is 4.49. The first-order valence-corrected chi connectivity index (χ1v) is 9.48. The highest BCUT2D eigenvalue weighted by molar-refractivity contribution is 5.83. The lowest BCUT2D eigenvalue weighted by Crippen LogP contribution is -2.49. The van der Waals surface area contributed by atoms with Crippen molar-refractivity contribution in [2.24, 2.45) is 5.10 Å². The summed E-state index contributed by atoms with van der Waals surface area (Å²) in [5, 5.41) is 11.2. The number of benzene rings is 2. The van der Waals surface area contributed by atoms with E-state index in [2.05, 4.69) is 15.3 Å². The van der Waals surface area contributed by atoms with E-state index in [0.717, 1.165) is 17.7 Å². The van der Waals surface area contributed by atoms with Crippen LogP contribution in [0.1, 0.15) is 23.6 Å². The Hall–Kier alpha value is -3.69. The minimum absolute atomic E-state index is 0.0665. The van der Waals surface area contributed by atoms with Crippen molar-refractivity contribution in [2.45, 2.75) is 12.5 Å². The molecule has 0 spiro atoms. The molecule has 0 radical (unpaired) electrons. The number of halogens is 4. The number of rotatable bonds is 2. The molecule has 3 aromatic rings. The molecule has 2 aromatic carbocycles. The van der Waals surface area contributed by atoms with Gasteiger partial charge in [0.2, 0.25) is 5.95 Å². The Morgan fingerprint density at radius 2 is 1.81 bits per heavy atom. The van der Waals surface area contributed by atoms with E-state index in [1.165, 1.54) is 34.3 Å². The quantitative estimate of drug-likeness (QED) is 0.615. The molecule has 1 unspecified atom stereocenters. The van der Waals surface area contributed by atoms with Crippen LogP contribution >= 0.6 is 0 Å². The zero-order valence-electron chi connectivity index (χ0n) is 15.9. The van der Waals surface area contributed by atoms with Crippen LogP contribution in [0.5, 0.6) is 0 Å². The molecule has 1 N–H and O–H groups in total. The Morgan fingerprint density at radius 3 is 2.55 bits per heavy atom. The number of aromatic nitrogens is 2. The molecule has 3 heterocycles. The van der Waals surface area contributed by atoms with Gasteiger partial charge in [0.25, 0.3) is 0 Å². The average molecular weight is 429 g/mol. The third-order valence-corrected chi connectivity index (χ3v) is 5.35. The fraction of sp³-hybridized carbons (Fsp3) is 0.190. The van der Waals surface area contributed by atoms with Gasteiger partial charge in [-0.05, 0) is 41.5 Å². The smallest absolute Gasteiger partial charge is 0.315 e. The number of hydrogen-bond donors (Lipinski definition) is 1. The van der Waals surface area contributed by atoms with Gasteiger partial charge in [0, 0.05) is 37.4 Å². The zero-order valence-corrected chi connectivity index (χ0v) is 15.9. The van der Waals surface area contributed by atoms with E-state index in [-0.39, 0.29) is 24.0 Å². The molecule has 1 saturated heterocycles. The van der Waals surface area contributed by atoms with Crippen LogP contribution in [0.2, 0.25) is 0 Å². The summed E-state index contributed by atoms with van der Waals surface area (Å²) in [5.41, 5.74) is 1.74. The highest BCUT2D eigenvalue weighted by atomic mass is 19.1. The highest BCUT2D eigenvalue weighted by Gasteiger charge is 2.35. The molecular formula is C21H15F4N5O. The van der Waals surface area contributed by atoms with Gasteiger partial charge in [-0.25, -0.2) is 23.0 Å². The Morgan fingerprint density at radius 1 is 1.06 bits per heavy atom. The van der Waals surface area contributed by atoms with Crippen LogP contribution in [0.3, 0.4) is 0 Å². The Bertz CT molecular complexity index is 1240. The van der Waals surface area contributed by atoms with Crippen molar-refractivity contribution in [1.29, 1.82) is 0 Å². The van der Waals surface area contributed by atoms with Crippen molar-refractivity contribution in [2.75, 3.05) is 13.1 Å². The van der Waals surface area contributed by atoms with E-state index >= 15 is 0 Å². The minimum Gasteiger partial charge on any atom is -0.315 e. The van der Waals surface area contributed by atoms with Gasteiger partial charge in [-0.1, -0.05) is 0 Å². The second-order valence-corrected chi connectivity index (χ2v) is 7.47. The lowest BCUT2D eigenvalue weighted by atomic mass is 10.0. The predicted octanol–water partition coefficient (Wildman–Crippen LogP) is 4.37. The zero-order chi connectivity index (χ0) is 21.7. The first-order valence-electron chi connectivity index (χ1n) is 9.48. The van der Waals surface area contributed by atoms with Crippen molar-refractivity contribution < 1.29 is 22.4 Å². The summed E-state index contributed by atoms with van der Waals surface area (Å²) in [6.07, 6.45) is 3.47. The van der Waals surface area contributed by atoms with E-state index in [0.29, 0.717) is 17.5 Å². The first-order chi connectivity index (χ1) is 14.9. The maximum Gasteiger partial charge on any atom is 0.341 e. The summed E-state index contributed by atoms with van der Waals surface area (Å²) in [5.74, 6) is -2.81. The number of hydrazone groups is 1. The van der Waals surface area contributed by atoms with Gasteiger partial charge in [-0.3, -0.25) is 5.10 Å². The second kappa shape index (κ2) is 7.22. The molecular weight excluding hydrogens is 414 g/mol. The molecule has 31 heavy (non-hydrogen) atoms. The van der Waals surface area contributed by atoms with Gasteiger partial charge >= 0.3 is 6.03 Å². The van der Waals surface area contributed by atoms with Crippen LogP contribution in [-0.2, 0) is 0 Å². The SMILES string of the molecule is O=C(N1CC(=Cc2cc3[nH]nc(F)c3cc2F)C1)N1N=CCC1c1cc(F)cc(F)c1. The summed E-state index contributed by atoms with van der Waals surface area (Å²) in [6.45, 7) is 0.508. The number of nitrogens with zero attached hydrogens (tertiary/aromatic N) is 4. The molecule has 5 rings (SSSR count). The number of carbonyl (C=O) groups excluding carboxylic acids is 1. The van der Waals surface area contributed by atoms with Gasteiger partial charge in [0.15, 0.2) is 0 Å². The molecule has 1 fully saturated rings. The number of hydrogen-bond acceptors (Lipinski definition) is 3. The van der Waals surface area contributed by atoms with Gasteiger partial charge in [0.1, 0.15) is 17.5 Å². The number of nitrogens with one attached hydrogen (secondary N) is 1.